The lowest BCUT2D eigenvalue weighted by Crippen LogP contribution is -2.37. The van der Waals surface area contributed by atoms with Gasteiger partial charge in [0.05, 0.1) is 11.0 Å². The summed E-state index contributed by atoms with van der Waals surface area (Å²) in [7, 11) is 0. The minimum Gasteiger partial charge on any atom is -0.486 e. The summed E-state index contributed by atoms with van der Waals surface area (Å²) in [6.07, 6.45) is 1.66. The standard InChI is InChI=1S/C11H13FN2O3/c12-10-4-3-8(14(15)16)6-11(10)17-9-2-1-5-13-7-9/h3-4,6,9,13H,1-2,5,7H2. The summed E-state index contributed by atoms with van der Waals surface area (Å²) in [5.74, 6) is -0.617. The lowest BCUT2D eigenvalue weighted by molar-refractivity contribution is -0.385. The summed E-state index contributed by atoms with van der Waals surface area (Å²) < 4.78 is 18.9. The van der Waals surface area contributed by atoms with E-state index in [4.69, 9.17) is 4.74 Å². The number of hydrogen-bond donors (Lipinski definition) is 1. The minimum atomic E-state index is -0.568. The van der Waals surface area contributed by atoms with E-state index in [0.29, 0.717) is 6.54 Å². The molecule has 92 valence electrons. The molecule has 0 aromatic heterocycles. The van der Waals surface area contributed by atoms with E-state index in [2.05, 4.69) is 5.32 Å². The van der Waals surface area contributed by atoms with E-state index >= 15 is 0 Å². The Labute approximate surface area is 97.7 Å². The van der Waals surface area contributed by atoms with Crippen LogP contribution in [0.15, 0.2) is 18.2 Å². The predicted octanol–water partition coefficient (Wildman–Crippen LogP) is 1.86. The molecule has 1 aromatic rings. The van der Waals surface area contributed by atoms with Crippen LogP contribution < -0.4 is 10.1 Å². The third kappa shape index (κ3) is 2.91. The second kappa shape index (κ2) is 5.09. The molecule has 1 aromatic carbocycles. The number of halogens is 1. The van der Waals surface area contributed by atoms with E-state index in [-0.39, 0.29) is 17.5 Å². The molecule has 17 heavy (non-hydrogen) atoms. The largest absolute Gasteiger partial charge is 0.486 e. The molecule has 0 spiro atoms. The molecule has 1 unspecified atom stereocenters. The van der Waals surface area contributed by atoms with Crippen LogP contribution in [0.2, 0.25) is 0 Å². The Morgan fingerprint density at radius 3 is 3.00 bits per heavy atom. The van der Waals surface area contributed by atoms with Crippen LogP contribution in [0.25, 0.3) is 0 Å². The van der Waals surface area contributed by atoms with Crippen LogP contribution in [0.5, 0.6) is 5.75 Å². The van der Waals surface area contributed by atoms with E-state index < -0.39 is 10.7 Å². The SMILES string of the molecule is O=[N+]([O-])c1ccc(F)c(OC2CCCNC2)c1. The number of benzene rings is 1. The number of hydrogen-bond acceptors (Lipinski definition) is 4. The molecule has 0 bridgehead atoms. The molecule has 0 aliphatic carbocycles. The fourth-order valence-electron chi connectivity index (χ4n) is 1.80. The van der Waals surface area contributed by atoms with Crippen molar-refractivity contribution in [3.05, 3.63) is 34.1 Å². The van der Waals surface area contributed by atoms with Gasteiger partial charge in [-0.15, -0.1) is 0 Å². The summed E-state index contributed by atoms with van der Waals surface area (Å²) >= 11 is 0. The average molecular weight is 240 g/mol. The van der Waals surface area contributed by atoms with E-state index in [1.165, 1.54) is 0 Å². The number of nitro groups is 1. The molecule has 5 nitrogen and oxygen atoms in total. The van der Waals surface area contributed by atoms with Crippen molar-refractivity contribution in [3.8, 4) is 5.75 Å². The highest BCUT2D eigenvalue weighted by molar-refractivity contribution is 5.39. The van der Waals surface area contributed by atoms with Crippen LogP contribution in [-0.4, -0.2) is 24.1 Å². The molecule has 1 aliphatic heterocycles. The van der Waals surface area contributed by atoms with Gasteiger partial charge in [-0.1, -0.05) is 0 Å². The number of nitro benzene ring substituents is 1. The second-order valence-electron chi connectivity index (χ2n) is 3.96. The van der Waals surface area contributed by atoms with Gasteiger partial charge >= 0.3 is 0 Å². The summed E-state index contributed by atoms with van der Waals surface area (Å²) in [6.45, 7) is 1.57. The van der Waals surface area contributed by atoms with Crippen LogP contribution in [0.1, 0.15) is 12.8 Å². The zero-order valence-electron chi connectivity index (χ0n) is 9.19. The van der Waals surface area contributed by atoms with Crippen molar-refractivity contribution >= 4 is 5.69 Å². The van der Waals surface area contributed by atoms with Gasteiger partial charge in [0.25, 0.3) is 5.69 Å². The van der Waals surface area contributed by atoms with Crippen molar-refractivity contribution in [3.63, 3.8) is 0 Å². The van der Waals surface area contributed by atoms with Crippen molar-refractivity contribution in [2.24, 2.45) is 0 Å². The van der Waals surface area contributed by atoms with Crippen LogP contribution in [-0.2, 0) is 0 Å². The molecule has 0 radical (unpaired) electrons. The number of nitrogens with zero attached hydrogens (tertiary/aromatic N) is 1. The first kappa shape index (κ1) is 11.8. The number of nitrogens with one attached hydrogen (secondary N) is 1. The molecule has 1 atom stereocenters. The highest BCUT2D eigenvalue weighted by atomic mass is 19.1. The molecule has 1 N–H and O–H groups in total. The summed E-state index contributed by atoms with van der Waals surface area (Å²) in [5.41, 5.74) is -0.162. The predicted molar refractivity (Wildman–Crippen MR) is 59.6 cm³/mol. The average Bonchev–Trinajstić information content (AvgIpc) is 2.33. The molecule has 2 rings (SSSR count). The fourth-order valence-corrected chi connectivity index (χ4v) is 1.80. The van der Waals surface area contributed by atoms with Crippen LogP contribution in [0.3, 0.4) is 0 Å². The van der Waals surface area contributed by atoms with Crippen LogP contribution >= 0.6 is 0 Å². The molecule has 1 fully saturated rings. The molecule has 1 saturated heterocycles. The lowest BCUT2D eigenvalue weighted by atomic mass is 10.1. The number of rotatable bonds is 3. The van der Waals surface area contributed by atoms with Gasteiger partial charge in [0, 0.05) is 12.6 Å². The minimum absolute atomic E-state index is 0.0482. The second-order valence-corrected chi connectivity index (χ2v) is 3.96. The van der Waals surface area contributed by atoms with E-state index in [1.807, 2.05) is 0 Å². The first-order chi connectivity index (χ1) is 8.16. The summed E-state index contributed by atoms with van der Waals surface area (Å²) in [6, 6.07) is 3.31. The highest BCUT2D eigenvalue weighted by Gasteiger charge is 2.18. The Bertz CT molecular complexity index is 419. The summed E-state index contributed by atoms with van der Waals surface area (Å²) in [4.78, 5) is 10.0. The Balaban J connectivity index is 2.13. The smallest absolute Gasteiger partial charge is 0.273 e. The van der Waals surface area contributed by atoms with Gasteiger partial charge in [-0.2, -0.15) is 0 Å². The molecular formula is C11H13FN2O3. The number of ether oxygens (including phenoxy) is 1. The van der Waals surface area contributed by atoms with Gasteiger partial charge in [0.2, 0.25) is 0 Å². The summed E-state index contributed by atoms with van der Waals surface area (Å²) in [5, 5.41) is 13.7. The topological polar surface area (TPSA) is 64.4 Å². The first-order valence-electron chi connectivity index (χ1n) is 5.48. The zero-order chi connectivity index (χ0) is 12.3. The van der Waals surface area contributed by atoms with E-state index in [9.17, 15) is 14.5 Å². The number of piperidine rings is 1. The third-order valence-electron chi connectivity index (χ3n) is 2.67. The maximum absolute atomic E-state index is 13.4. The van der Waals surface area contributed by atoms with Crippen molar-refractivity contribution < 1.29 is 14.1 Å². The monoisotopic (exact) mass is 240 g/mol. The van der Waals surface area contributed by atoms with Gasteiger partial charge < -0.3 is 10.1 Å². The first-order valence-corrected chi connectivity index (χ1v) is 5.48. The van der Waals surface area contributed by atoms with Crippen molar-refractivity contribution in [1.29, 1.82) is 0 Å². The quantitative estimate of drug-likeness (QED) is 0.647. The Kier molecular flexibility index (Phi) is 3.53. The van der Waals surface area contributed by atoms with Gasteiger partial charge in [0.15, 0.2) is 11.6 Å². The van der Waals surface area contributed by atoms with Gasteiger partial charge in [-0.3, -0.25) is 10.1 Å². The van der Waals surface area contributed by atoms with Crippen molar-refractivity contribution in [1.82, 2.24) is 5.32 Å². The van der Waals surface area contributed by atoms with Crippen LogP contribution in [0, 0.1) is 15.9 Å². The number of non-ortho nitro benzene ring substituents is 1. The maximum atomic E-state index is 13.4. The maximum Gasteiger partial charge on any atom is 0.273 e. The van der Waals surface area contributed by atoms with Gasteiger partial charge in [-0.25, -0.2) is 4.39 Å². The molecule has 0 amide bonds. The third-order valence-corrected chi connectivity index (χ3v) is 2.67. The normalized spacial score (nSPS) is 19.9. The van der Waals surface area contributed by atoms with Crippen molar-refractivity contribution in [2.45, 2.75) is 18.9 Å². The molecule has 1 aliphatic rings. The fraction of sp³-hybridized carbons (Fsp3) is 0.455. The lowest BCUT2D eigenvalue weighted by Gasteiger charge is -2.23. The van der Waals surface area contributed by atoms with E-state index in [0.717, 1.165) is 37.6 Å². The van der Waals surface area contributed by atoms with Gasteiger partial charge in [-0.05, 0) is 25.5 Å². The molecular weight excluding hydrogens is 227 g/mol. The zero-order valence-corrected chi connectivity index (χ0v) is 9.19. The molecule has 1 heterocycles. The van der Waals surface area contributed by atoms with Crippen LogP contribution in [0.4, 0.5) is 10.1 Å². The highest BCUT2D eigenvalue weighted by Crippen LogP contribution is 2.25. The Morgan fingerprint density at radius 1 is 1.53 bits per heavy atom. The molecule has 6 heteroatoms. The van der Waals surface area contributed by atoms with Crippen molar-refractivity contribution in [2.75, 3.05) is 13.1 Å². The Hall–Kier alpha value is -1.69. The van der Waals surface area contributed by atoms with Gasteiger partial charge in [0.1, 0.15) is 6.10 Å². The molecule has 0 saturated carbocycles. The van der Waals surface area contributed by atoms with E-state index in [1.54, 1.807) is 0 Å². The Morgan fingerprint density at radius 2 is 2.35 bits per heavy atom.